The highest BCUT2D eigenvalue weighted by Crippen LogP contribution is 2.32. The van der Waals surface area contributed by atoms with Gasteiger partial charge in [0.05, 0.1) is 13.2 Å². The van der Waals surface area contributed by atoms with Crippen LogP contribution < -0.4 is 16.0 Å². The average Bonchev–Trinajstić information content (AvgIpc) is 2.88. The van der Waals surface area contributed by atoms with Gasteiger partial charge in [-0.15, -0.1) is 11.3 Å². The molecule has 0 aliphatic rings. The molecule has 2 aromatic rings. The Kier molecular flexibility index (Phi) is 4.58. The second-order valence-corrected chi connectivity index (χ2v) is 5.73. The molecule has 1 atom stereocenters. The lowest BCUT2D eigenvalue weighted by molar-refractivity contribution is 0.398. The fourth-order valence-electron chi connectivity index (χ4n) is 2.43. The Morgan fingerprint density at radius 2 is 2.16 bits per heavy atom. The summed E-state index contributed by atoms with van der Waals surface area (Å²) in [5, 5.41) is 2.09. The average molecular weight is 276 g/mol. The van der Waals surface area contributed by atoms with Gasteiger partial charge in [0.25, 0.3) is 0 Å². The number of hydrogen-bond donors (Lipinski definition) is 2. The van der Waals surface area contributed by atoms with E-state index in [1.54, 1.807) is 18.4 Å². The van der Waals surface area contributed by atoms with Crippen LogP contribution in [0.15, 0.2) is 29.6 Å². The standard InChI is InChI=1S/C15H20N2OS/c1-10-7-11(2)15(14(8-10)18-3)13(17-16)9-12-5-4-6-19-12/h4-8,13,17H,9,16H2,1-3H3. The first-order valence-electron chi connectivity index (χ1n) is 6.29. The number of methoxy groups -OCH3 is 1. The molecule has 0 fully saturated rings. The van der Waals surface area contributed by atoms with Gasteiger partial charge in [0, 0.05) is 16.9 Å². The number of thiophene rings is 1. The predicted octanol–water partition coefficient (Wildman–Crippen LogP) is 3.12. The van der Waals surface area contributed by atoms with E-state index < -0.39 is 0 Å². The smallest absolute Gasteiger partial charge is 0.124 e. The third-order valence-corrected chi connectivity index (χ3v) is 4.15. The molecule has 1 unspecified atom stereocenters. The van der Waals surface area contributed by atoms with Gasteiger partial charge < -0.3 is 4.74 Å². The van der Waals surface area contributed by atoms with Gasteiger partial charge in [-0.1, -0.05) is 12.1 Å². The molecule has 0 spiro atoms. The lowest BCUT2D eigenvalue weighted by atomic mass is 9.95. The number of aryl methyl sites for hydroxylation is 2. The number of rotatable bonds is 5. The third-order valence-electron chi connectivity index (χ3n) is 3.25. The predicted molar refractivity (Wildman–Crippen MR) is 80.6 cm³/mol. The molecule has 0 amide bonds. The number of nitrogens with one attached hydrogen (secondary N) is 1. The lowest BCUT2D eigenvalue weighted by Gasteiger charge is -2.21. The van der Waals surface area contributed by atoms with Crippen LogP contribution in [0.5, 0.6) is 5.75 Å². The van der Waals surface area contributed by atoms with Crippen LogP contribution in [-0.4, -0.2) is 7.11 Å². The molecule has 102 valence electrons. The van der Waals surface area contributed by atoms with Crippen molar-refractivity contribution in [2.75, 3.05) is 7.11 Å². The molecule has 3 N–H and O–H groups in total. The maximum atomic E-state index is 5.75. The van der Waals surface area contributed by atoms with Crippen LogP contribution in [0.2, 0.25) is 0 Å². The van der Waals surface area contributed by atoms with E-state index in [1.165, 1.54) is 16.0 Å². The van der Waals surface area contributed by atoms with Crippen LogP contribution in [-0.2, 0) is 6.42 Å². The summed E-state index contributed by atoms with van der Waals surface area (Å²) in [6, 6.07) is 8.48. The molecular weight excluding hydrogens is 256 g/mol. The van der Waals surface area contributed by atoms with Gasteiger partial charge in [-0.25, -0.2) is 0 Å². The summed E-state index contributed by atoms with van der Waals surface area (Å²) < 4.78 is 5.52. The van der Waals surface area contributed by atoms with Gasteiger partial charge in [-0.3, -0.25) is 11.3 Å². The van der Waals surface area contributed by atoms with E-state index in [1.807, 2.05) is 0 Å². The summed E-state index contributed by atoms with van der Waals surface area (Å²) in [6.45, 7) is 4.17. The molecule has 1 heterocycles. The minimum absolute atomic E-state index is 0.0641. The molecule has 0 bridgehead atoms. The van der Waals surface area contributed by atoms with Crippen molar-refractivity contribution >= 4 is 11.3 Å². The van der Waals surface area contributed by atoms with Crippen molar-refractivity contribution in [2.45, 2.75) is 26.3 Å². The van der Waals surface area contributed by atoms with Crippen molar-refractivity contribution in [3.05, 3.63) is 51.2 Å². The van der Waals surface area contributed by atoms with Crippen LogP contribution in [0, 0.1) is 13.8 Å². The molecule has 1 aromatic heterocycles. The van der Waals surface area contributed by atoms with Crippen LogP contribution in [0.25, 0.3) is 0 Å². The fraction of sp³-hybridized carbons (Fsp3) is 0.333. The monoisotopic (exact) mass is 276 g/mol. The Hall–Kier alpha value is -1.36. The van der Waals surface area contributed by atoms with E-state index >= 15 is 0 Å². The van der Waals surface area contributed by atoms with Crippen LogP contribution in [0.3, 0.4) is 0 Å². The first-order chi connectivity index (χ1) is 9.15. The van der Waals surface area contributed by atoms with Crippen molar-refractivity contribution < 1.29 is 4.74 Å². The van der Waals surface area contributed by atoms with Crippen molar-refractivity contribution in [3.8, 4) is 5.75 Å². The van der Waals surface area contributed by atoms with E-state index in [0.717, 1.165) is 17.7 Å². The lowest BCUT2D eigenvalue weighted by Crippen LogP contribution is -2.30. The molecule has 2 rings (SSSR count). The summed E-state index contributed by atoms with van der Waals surface area (Å²) in [7, 11) is 1.70. The fourth-order valence-corrected chi connectivity index (χ4v) is 3.18. The summed E-state index contributed by atoms with van der Waals surface area (Å²) in [6.07, 6.45) is 0.869. The first-order valence-corrected chi connectivity index (χ1v) is 7.17. The Labute approximate surface area is 118 Å². The minimum atomic E-state index is 0.0641. The van der Waals surface area contributed by atoms with Crippen LogP contribution in [0.4, 0.5) is 0 Å². The van der Waals surface area contributed by atoms with E-state index in [0.29, 0.717) is 0 Å². The van der Waals surface area contributed by atoms with E-state index in [4.69, 9.17) is 10.6 Å². The largest absolute Gasteiger partial charge is 0.496 e. The maximum absolute atomic E-state index is 5.75. The van der Waals surface area contributed by atoms with Gasteiger partial charge >= 0.3 is 0 Å². The molecule has 0 saturated heterocycles. The highest BCUT2D eigenvalue weighted by molar-refractivity contribution is 7.09. The Balaban J connectivity index is 2.37. The van der Waals surface area contributed by atoms with Gasteiger partial charge in [-0.05, 0) is 42.5 Å². The van der Waals surface area contributed by atoms with Crippen molar-refractivity contribution in [2.24, 2.45) is 5.84 Å². The van der Waals surface area contributed by atoms with E-state index in [9.17, 15) is 0 Å². The molecular formula is C15H20N2OS. The zero-order valence-corrected chi connectivity index (χ0v) is 12.4. The number of hydrazine groups is 1. The Morgan fingerprint density at radius 3 is 2.74 bits per heavy atom. The maximum Gasteiger partial charge on any atom is 0.124 e. The Bertz CT molecular complexity index is 537. The number of hydrogen-bond acceptors (Lipinski definition) is 4. The topological polar surface area (TPSA) is 47.3 Å². The highest BCUT2D eigenvalue weighted by atomic mass is 32.1. The summed E-state index contributed by atoms with van der Waals surface area (Å²) >= 11 is 1.75. The van der Waals surface area contributed by atoms with Crippen LogP contribution in [0.1, 0.15) is 27.6 Å². The zero-order valence-electron chi connectivity index (χ0n) is 11.6. The SMILES string of the molecule is COc1cc(C)cc(C)c1C(Cc1cccs1)NN. The van der Waals surface area contributed by atoms with E-state index in [-0.39, 0.29) is 6.04 Å². The molecule has 0 aliphatic carbocycles. The molecule has 19 heavy (non-hydrogen) atoms. The van der Waals surface area contributed by atoms with E-state index in [2.05, 4.69) is 48.9 Å². The normalized spacial score (nSPS) is 12.4. The van der Waals surface area contributed by atoms with Gasteiger partial charge in [0.1, 0.15) is 5.75 Å². The zero-order chi connectivity index (χ0) is 13.8. The minimum Gasteiger partial charge on any atom is -0.496 e. The number of ether oxygens (including phenoxy) is 1. The molecule has 0 aliphatic heterocycles. The Morgan fingerprint density at radius 1 is 1.37 bits per heavy atom. The third kappa shape index (κ3) is 3.15. The molecule has 0 saturated carbocycles. The van der Waals surface area contributed by atoms with Crippen LogP contribution >= 0.6 is 11.3 Å². The molecule has 1 aromatic carbocycles. The quantitative estimate of drug-likeness (QED) is 0.651. The van der Waals surface area contributed by atoms with Gasteiger partial charge in [0.2, 0.25) is 0 Å². The first kappa shape index (κ1) is 14.1. The highest BCUT2D eigenvalue weighted by Gasteiger charge is 2.18. The number of benzene rings is 1. The summed E-state index contributed by atoms with van der Waals surface area (Å²) in [5.74, 6) is 6.65. The van der Waals surface area contributed by atoms with Crippen molar-refractivity contribution in [1.29, 1.82) is 0 Å². The molecule has 4 heteroatoms. The van der Waals surface area contributed by atoms with Crippen molar-refractivity contribution in [3.63, 3.8) is 0 Å². The van der Waals surface area contributed by atoms with Gasteiger partial charge in [0.15, 0.2) is 0 Å². The number of nitrogens with two attached hydrogens (primary N) is 1. The second kappa shape index (κ2) is 6.19. The van der Waals surface area contributed by atoms with Crippen molar-refractivity contribution in [1.82, 2.24) is 5.43 Å². The van der Waals surface area contributed by atoms with Gasteiger partial charge in [-0.2, -0.15) is 0 Å². The molecule has 0 radical (unpaired) electrons. The second-order valence-electron chi connectivity index (χ2n) is 4.70. The summed E-state index contributed by atoms with van der Waals surface area (Å²) in [4.78, 5) is 1.31. The molecule has 3 nitrogen and oxygen atoms in total. The summed E-state index contributed by atoms with van der Waals surface area (Å²) in [5.41, 5.74) is 6.46.